The molecule has 3 aromatic rings. The topological polar surface area (TPSA) is 83.7 Å². The lowest BCUT2D eigenvalue weighted by molar-refractivity contribution is -0.131. The minimum absolute atomic E-state index is 0.488. The number of nitrogens with one attached hydrogen (secondary N) is 1. The molecule has 0 aliphatic carbocycles. The predicted molar refractivity (Wildman–Crippen MR) is 83.9 cm³/mol. The molecule has 0 saturated heterocycles. The van der Waals surface area contributed by atoms with Crippen molar-refractivity contribution in [2.45, 2.75) is 0 Å². The second-order valence-corrected chi connectivity index (χ2v) is 5.33. The predicted octanol–water partition coefficient (Wildman–Crippen LogP) is 2.64. The highest BCUT2D eigenvalue weighted by Crippen LogP contribution is 2.23. The molecule has 0 atom stereocenters. The summed E-state index contributed by atoms with van der Waals surface area (Å²) in [6, 6.07) is 7.19. The minimum Gasteiger partial charge on any atom is -0.478 e. The van der Waals surface area contributed by atoms with Gasteiger partial charge in [0.05, 0.1) is 5.69 Å². The number of hydrogen-bond acceptors (Lipinski definition) is 4. The van der Waals surface area contributed by atoms with Crippen LogP contribution >= 0.6 is 11.3 Å². The minimum atomic E-state index is -1.16. The zero-order valence-corrected chi connectivity index (χ0v) is 12.1. The Bertz CT molecular complexity index is 833. The van der Waals surface area contributed by atoms with Crippen LogP contribution in [0.25, 0.3) is 16.2 Å². The average Bonchev–Trinajstić information content (AvgIpc) is 3.07. The van der Waals surface area contributed by atoms with Gasteiger partial charge in [-0.2, -0.15) is 0 Å². The first-order valence-electron chi connectivity index (χ1n) is 6.36. The van der Waals surface area contributed by atoms with Crippen molar-refractivity contribution in [1.29, 1.82) is 0 Å². The van der Waals surface area contributed by atoms with Gasteiger partial charge in [0.2, 0.25) is 5.91 Å². The maximum atomic E-state index is 11.5. The SMILES string of the molecule is O=C(O)/C=C/C(=O)Nc1ccc(-c2cn3ccsc3n2)cc1. The third-order valence-corrected chi connectivity index (χ3v) is 3.69. The van der Waals surface area contributed by atoms with Gasteiger partial charge < -0.3 is 10.4 Å². The van der Waals surface area contributed by atoms with Gasteiger partial charge in [0, 0.05) is 41.2 Å². The van der Waals surface area contributed by atoms with Crippen molar-refractivity contribution < 1.29 is 14.7 Å². The van der Waals surface area contributed by atoms with Gasteiger partial charge in [-0.3, -0.25) is 9.20 Å². The van der Waals surface area contributed by atoms with Crippen molar-refractivity contribution in [3.63, 3.8) is 0 Å². The maximum Gasteiger partial charge on any atom is 0.328 e. The molecule has 0 spiro atoms. The number of carboxylic acids is 1. The Labute approximate surface area is 129 Å². The number of rotatable bonds is 4. The first-order chi connectivity index (χ1) is 10.6. The molecule has 0 unspecified atom stereocenters. The lowest BCUT2D eigenvalue weighted by Crippen LogP contribution is -2.08. The van der Waals surface area contributed by atoms with E-state index in [4.69, 9.17) is 5.11 Å². The molecule has 3 rings (SSSR count). The average molecular weight is 313 g/mol. The number of nitrogens with zero attached hydrogens (tertiary/aromatic N) is 2. The quantitative estimate of drug-likeness (QED) is 0.725. The lowest BCUT2D eigenvalue weighted by Gasteiger charge is -2.03. The summed E-state index contributed by atoms with van der Waals surface area (Å²) in [6.07, 6.45) is 5.65. The second kappa shape index (κ2) is 5.82. The summed E-state index contributed by atoms with van der Waals surface area (Å²) in [4.78, 5) is 27.2. The molecular formula is C15H11N3O3S. The van der Waals surface area contributed by atoms with Gasteiger partial charge in [-0.15, -0.1) is 11.3 Å². The van der Waals surface area contributed by atoms with E-state index in [0.717, 1.165) is 28.4 Å². The Kier molecular flexibility index (Phi) is 3.71. The number of anilines is 1. The van der Waals surface area contributed by atoms with E-state index in [0.29, 0.717) is 5.69 Å². The number of benzene rings is 1. The molecule has 0 saturated carbocycles. The number of hydrogen-bond donors (Lipinski definition) is 2. The van der Waals surface area contributed by atoms with Crippen LogP contribution < -0.4 is 5.32 Å². The summed E-state index contributed by atoms with van der Waals surface area (Å²) in [5, 5.41) is 13.0. The van der Waals surface area contributed by atoms with Crippen molar-refractivity contribution in [1.82, 2.24) is 9.38 Å². The van der Waals surface area contributed by atoms with Crippen molar-refractivity contribution in [3.05, 3.63) is 54.2 Å². The molecule has 2 aromatic heterocycles. The highest BCUT2D eigenvalue weighted by molar-refractivity contribution is 7.15. The number of thiazole rings is 1. The van der Waals surface area contributed by atoms with E-state index >= 15 is 0 Å². The van der Waals surface area contributed by atoms with Gasteiger partial charge in [0.1, 0.15) is 0 Å². The van der Waals surface area contributed by atoms with Gasteiger partial charge in [-0.1, -0.05) is 12.1 Å². The highest BCUT2D eigenvalue weighted by atomic mass is 32.1. The third kappa shape index (κ3) is 3.04. The summed E-state index contributed by atoms with van der Waals surface area (Å²) in [5.74, 6) is -1.65. The summed E-state index contributed by atoms with van der Waals surface area (Å²) >= 11 is 1.56. The van der Waals surface area contributed by atoms with Crippen molar-refractivity contribution >= 4 is 33.9 Å². The number of fused-ring (bicyclic) bond motifs is 1. The summed E-state index contributed by atoms with van der Waals surface area (Å²) in [7, 11) is 0. The van der Waals surface area contributed by atoms with E-state index in [1.165, 1.54) is 0 Å². The molecule has 1 amide bonds. The Hall–Kier alpha value is -2.93. The largest absolute Gasteiger partial charge is 0.478 e. The van der Waals surface area contributed by atoms with Crippen LogP contribution in [0.2, 0.25) is 0 Å². The molecule has 0 bridgehead atoms. The summed E-state index contributed by atoms with van der Waals surface area (Å²) in [6.45, 7) is 0. The number of carbonyl (C=O) groups is 2. The molecule has 0 fully saturated rings. The molecule has 7 heteroatoms. The lowest BCUT2D eigenvalue weighted by atomic mass is 10.1. The summed E-state index contributed by atoms with van der Waals surface area (Å²) < 4.78 is 1.95. The first-order valence-corrected chi connectivity index (χ1v) is 7.24. The van der Waals surface area contributed by atoms with Crippen LogP contribution in [0.3, 0.4) is 0 Å². The monoisotopic (exact) mass is 313 g/mol. The zero-order valence-electron chi connectivity index (χ0n) is 11.3. The molecule has 22 heavy (non-hydrogen) atoms. The van der Waals surface area contributed by atoms with Gasteiger partial charge >= 0.3 is 5.97 Å². The number of amides is 1. The van der Waals surface area contributed by atoms with Gasteiger partial charge in [-0.25, -0.2) is 9.78 Å². The van der Waals surface area contributed by atoms with Crippen LogP contribution in [0.4, 0.5) is 5.69 Å². The van der Waals surface area contributed by atoms with Gasteiger partial charge in [0.15, 0.2) is 4.96 Å². The molecule has 6 nitrogen and oxygen atoms in total. The second-order valence-electron chi connectivity index (χ2n) is 4.46. The molecule has 0 aliphatic heterocycles. The van der Waals surface area contributed by atoms with E-state index in [1.54, 1.807) is 23.5 Å². The standard InChI is InChI=1S/C15H11N3O3S/c19-13(5-6-14(20)21)16-11-3-1-10(2-4-11)12-9-18-7-8-22-15(18)17-12/h1-9H,(H,16,19)(H,20,21)/b6-5+. The zero-order chi connectivity index (χ0) is 15.5. The fraction of sp³-hybridized carbons (Fsp3) is 0. The van der Waals surface area contributed by atoms with Crippen molar-refractivity contribution in [3.8, 4) is 11.3 Å². The molecule has 2 heterocycles. The van der Waals surface area contributed by atoms with E-state index in [2.05, 4.69) is 10.3 Å². The van der Waals surface area contributed by atoms with Crippen molar-refractivity contribution in [2.24, 2.45) is 0 Å². The number of carbonyl (C=O) groups excluding carboxylic acids is 1. The van der Waals surface area contributed by atoms with Crippen LogP contribution in [0, 0.1) is 0 Å². The molecule has 0 aliphatic rings. The molecule has 2 N–H and O–H groups in total. The molecular weight excluding hydrogens is 302 g/mol. The van der Waals surface area contributed by atoms with E-state index in [1.807, 2.05) is 34.3 Å². The van der Waals surface area contributed by atoms with Crippen molar-refractivity contribution in [2.75, 3.05) is 5.32 Å². The fourth-order valence-corrected chi connectivity index (χ4v) is 2.62. The Morgan fingerprint density at radius 2 is 2.00 bits per heavy atom. The van der Waals surface area contributed by atoms with Gasteiger partial charge in [0.25, 0.3) is 0 Å². The molecule has 0 radical (unpaired) electrons. The van der Waals surface area contributed by atoms with Crippen LogP contribution in [-0.2, 0) is 9.59 Å². The van der Waals surface area contributed by atoms with E-state index < -0.39 is 11.9 Å². The fourth-order valence-electron chi connectivity index (χ4n) is 1.92. The van der Waals surface area contributed by atoms with E-state index in [9.17, 15) is 9.59 Å². The third-order valence-electron chi connectivity index (χ3n) is 2.92. The highest BCUT2D eigenvalue weighted by Gasteiger charge is 2.05. The van der Waals surface area contributed by atoms with Gasteiger partial charge in [-0.05, 0) is 12.1 Å². The smallest absolute Gasteiger partial charge is 0.328 e. The molecule has 110 valence electrons. The van der Waals surface area contributed by atoms with Crippen LogP contribution in [0.15, 0.2) is 54.2 Å². The maximum absolute atomic E-state index is 11.5. The van der Waals surface area contributed by atoms with Crippen LogP contribution in [0.1, 0.15) is 0 Å². The number of aromatic nitrogens is 2. The van der Waals surface area contributed by atoms with Crippen LogP contribution in [0.5, 0.6) is 0 Å². The Morgan fingerprint density at radius 3 is 2.68 bits per heavy atom. The summed E-state index contributed by atoms with van der Waals surface area (Å²) in [5.41, 5.74) is 2.38. The Balaban J connectivity index is 1.73. The van der Waals surface area contributed by atoms with E-state index in [-0.39, 0.29) is 0 Å². The number of aliphatic carboxylic acids is 1. The Morgan fingerprint density at radius 1 is 1.23 bits per heavy atom. The normalized spacial score (nSPS) is 11.1. The molecule has 1 aromatic carbocycles. The van der Waals surface area contributed by atoms with Crippen LogP contribution in [-0.4, -0.2) is 26.4 Å². The number of carboxylic acid groups (broad SMARTS) is 1. The first kappa shape index (κ1) is 14.0. The number of imidazole rings is 1.